The van der Waals surface area contributed by atoms with Gasteiger partial charge in [-0.1, -0.05) is 24.8 Å². The number of thioether (sulfide) groups is 1. The molecule has 108 valence electrons. The second-order valence-electron chi connectivity index (χ2n) is 4.68. The summed E-state index contributed by atoms with van der Waals surface area (Å²) < 4.78 is 1.56. The van der Waals surface area contributed by atoms with Crippen LogP contribution in [0, 0.1) is 6.92 Å². The van der Waals surface area contributed by atoms with Crippen molar-refractivity contribution in [3.63, 3.8) is 0 Å². The molecule has 0 unspecified atom stereocenters. The Bertz CT molecular complexity index is 839. The first kappa shape index (κ1) is 13.8. The van der Waals surface area contributed by atoms with E-state index in [0.717, 1.165) is 23.5 Å². The van der Waals surface area contributed by atoms with Crippen LogP contribution in [0.25, 0.3) is 5.65 Å². The molecule has 0 saturated carbocycles. The topological polar surface area (TPSA) is 75.9 Å². The second kappa shape index (κ2) is 5.69. The van der Waals surface area contributed by atoms with Crippen molar-refractivity contribution in [3.8, 4) is 0 Å². The highest BCUT2D eigenvalue weighted by Gasteiger charge is 2.07. The minimum absolute atomic E-state index is 0.0662. The standard InChI is InChI=1S/C14H15N5OS/c1-3-11-16-14(18-17-11)21-8-10-7-12(20)19-6-4-5-9(2)13(19)15-10/h4-7H,3,8H2,1-2H3,(H,16,17,18). The number of aryl methyl sites for hydroxylation is 2. The van der Waals surface area contributed by atoms with Gasteiger partial charge >= 0.3 is 0 Å². The molecule has 7 heteroatoms. The molecule has 21 heavy (non-hydrogen) atoms. The lowest BCUT2D eigenvalue weighted by Crippen LogP contribution is -2.15. The molecule has 0 saturated heterocycles. The Kier molecular flexibility index (Phi) is 3.74. The summed E-state index contributed by atoms with van der Waals surface area (Å²) in [5.41, 5.74) is 2.35. The number of nitrogens with one attached hydrogen (secondary N) is 1. The molecule has 3 aromatic heterocycles. The molecule has 0 bridgehead atoms. The fourth-order valence-electron chi connectivity index (χ4n) is 2.02. The van der Waals surface area contributed by atoms with Gasteiger partial charge in [0.05, 0.1) is 5.69 Å². The summed E-state index contributed by atoms with van der Waals surface area (Å²) in [5, 5.41) is 7.67. The Morgan fingerprint density at radius 3 is 3.00 bits per heavy atom. The normalized spacial score (nSPS) is 11.1. The largest absolute Gasteiger partial charge is 0.269 e. The SMILES string of the molecule is CCc1nc(SCc2cc(=O)n3cccc(C)c3n2)n[nH]1. The average Bonchev–Trinajstić information content (AvgIpc) is 2.94. The number of hydrogen-bond donors (Lipinski definition) is 1. The zero-order chi connectivity index (χ0) is 14.8. The van der Waals surface area contributed by atoms with Gasteiger partial charge in [0.15, 0.2) is 0 Å². The average molecular weight is 301 g/mol. The van der Waals surface area contributed by atoms with Gasteiger partial charge in [-0.15, -0.1) is 5.10 Å². The summed E-state index contributed by atoms with van der Waals surface area (Å²) in [6, 6.07) is 5.36. The maximum Gasteiger partial charge on any atom is 0.258 e. The predicted octanol–water partition coefficient (Wildman–Crippen LogP) is 1.98. The van der Waals surface area contributed by atoms with Crippen LogP contribution in [0.3, 0.4) is 0 Å². The molecule has 0 radical (unpaired) electrons. The lowest BCUT2D eigenvalue weighted by Gasteiger charge is -2.05. The molecule has 0 aliphatic heterocycles. The fraction of sp³-hybridized carbons (Fsp3) is 0.286. The highest BCUT2D eigenvalue weighted by molar-refractivity contribution is 7.98. The Balaban J connectivity index is 1.87. The lowest BCUT2D eigenvalue weighted by molar-refractivity contribution is 0.941. The molecule has 0 spiro atoms. The van der Waals surface area contributed by atoms with Crippen LogP contribution in [0.1, 0.15) is 24.0 Å². The van der Waals surface area contributed by atoms with Crippen LogP contribution >= 0.6 is 11.8 Å². The molecule has 0 aromatic carbocycles. The van der Waals surface area contributed by atoms with Crippen LogP contribution < -0.4 is 5.56 Å². The van der Waals surface area contributed by atoms with Gasteiger partial charge < -0.3 is 0 Å². The third-order valence-electron chi connectivity index (χ3n) is 3.13. The van der Waals surface area contributed by atoms with Gasteiger partial charge in [-0.2, -0.15) is 0 Å². The van der Waals surface area contributed by atoms with Crippen molar-refractivity contribution in [2.45, 2.75) is 31.2 Å². The van der Waals surface area contributed by atoms with E-state index >= 15 is 0 Å². The Hall–Kier alpha value is -2.15. The summed E-state index contributed by atoms with van der Waals surface area (Å²) in [4.78, 5) is 21.0. The number of nitrogens with zero attached hydrogens (tertiary/aromatic N) is 4. The van der Waals surface area contributed by atoms with Gasteiger partial charge in [0, 0.05) is 24.4 Å². The number of H-pyrrole nitrogens is 1. The molecule has 0 aliphatic carbocycles. The zero-order valence-electron chi connectivity index (χ0n) is 11.8. The highest BCUT2D eigenvalue weighted by atomic mass is 32.2. The molecule has 3 heterocycles. The fourth-order valence-corrected chi connectivity index (χ4v) is 2.73. The number of aromatic amines is 1. The van der Waals surface area contributed by atoms with Gasteiger partial charge in [-0.3, -0.25) is 14.3 Å². The van der Waals surface area contributed by atoms with Gasteiger partial charge in [-0.25, -0.2) is 9.97 Å². The van der Waals surface area contributed by atoms with E-state index in [1.165, 1.54) is 11.8 Å². The van der Waals surface area contributed by atoms with Crippen LogP contribution in [0.15, 0.2) is 34.3 Å². The molecule has 3 aromatic rings. The summed E-state index contributed by atoms with van der Waals surface area (Å²) >= 11 is 1.47. The van der Waals surface area contributed by atoms with E-state index in [2.05, 4.69) is 20.2 Å². The van der Waals surface area contributed by atoms with E-state index in [0.29, 0.717) is 16.6 Å². The van der Waals surface area contributed by atoms with Gasteiger partial charge in [0.1, 0.15) is 11.5 Å². The van der Waals surface area contributed by atoms with Crippen LogP contribution in [0.5, 0.6) is 0 Å². The Labute approximate surface area is 125 Å². The molecular weight excluding hydrogens is 286 g/mol. The van der Waals surface area contributed by atoms with E-state index in [9.17, 15) is 4.79 Å². The first-order valence-corrected chi connectivity index (χ1v) is 7.68. The number of fused-ring (bicyclic) bond motifs is 1. The minimum atomic E-state index is -0.0662. The molecule has 1 N–H and O–H groups in total. The van der Waals surface area contributed by atoms with Crippen molar-refractivity contribution in [1.29, 1.82) is 0 Å². The molecule has 0 aliphatic rings. The number of aromatic nitrogens is 5. The van der Waals surface area contributed by atoms with Crippen LogP contribution in [0.4, 0.5) is 0 Å². The van der Waals surface area contributed by atoms with E-state index in [1.54, 1.807) is 16.7 Å². The van der Waals surface area contributed by atoms with Crippen molar-refractivity contribution >= 4 is 17.4 Å². The maximum absolute atomic E-state index is 12.1. The van der Waals surface area contributed by atoms with Crippen molar-refractivity contribution in [2.24, 2.45) is 0 Å². The Morgan fingerprint density at radius 1 is 1.38 bits per heavy atom. The molecule has 0 fully saturated rings. The summed E-state index contributed by atoms with van der Waals surface area (Å²) in [6.45, 7) is 3.96. The minimum Gasteiger partial charge on any atom is -0.269 e. The van der Waals surface area contributed by atoms with Gasteiger partial charge in [0.2, 0.25) is 5.16 Å². The molecular formula is C14H15N5OS. The monoisotopic (exact) mass is 301 g/mol. The van der Waals surface area contributed by atoms with Crippen molar-refractivity contribution < 1.29 is 0 Å². The van der Waals surface area contributed by atoms with Crippen LogP contribution in [-0.2, 0) is 12.2 Å². The quantitative estimate of drug-likeness (QED) is 0.746. The summed E-state index contributed by atoms with van der Waals surface area (Å²) in [7, 11) is 0. The van der Waals surface area contributed by atoms with Gasteiger partial charge in [0.25, 0.3) is 5.56 Å². The third-order valence-corrected chi connectivity index (χ3v) is 4.02. The van der Waals surface area contributed by atoms with Crippen molar-refractivity contribution in [1.82, 2.24) is 24.6 Å². The first-order chi connectivity index (χ1) is 10.2. The predicted molar refractivity (Wildman–Crippen MR) is 81.5 cm³/mol. The van der Waals surface area contributed by atoms with Crippen molar-refractivity contribution in [3.05, 3.63) is 51.8 Å². The maximum atomic E-state index is 12.1. The lowest BCUT2D eigenvalue weighted by atomic mass is 10.3. The molecule has 0 atom stereocenters. The van der Waals surface area contributed by atoms with E-state index < -0.39 is 0 Å². The third kappa shape index (κ3) is 2.82. The zero-order valence-corrected chi connectivity index (χ0v) is 12.6. The number of pyridine rings is 1. The second-order valence-corrected chi connectivity index (χ2v) is 5.62. The van der Waals surface area contributed by atoms with Gasteiger partial charge in [-0.05, 0) is 18.6 Å². The molecule has 0 amide bonds. The summed E-state index contributed by atoms with van der Waals surface area (Å²) in [5.74, 6) is 1.43. The van der Waals surface area contributed by atoms with E-state index in [4.69, 9.17) is 0 Å². The number of rotatable bonds is 4. The van der Waals surface area contributed by atoms with E-state index in [1.807, 2.05) is 26.0 Å². The number of hydrogen-bond acceptors (Lipinski definition) is 5. The molecule has 3 rings (SSSR count). The first-order valence-electron chi connectivity index (χ1n) is 6.69. The molecule has 6 nitrogen and oxygen atoms in total. The van der Waals surface area contributed by atoms with Crippen molar-refractivity contribution in [2.75, 3.05) is 0 Å². The van der Waals surface area contributed by atoms with E-state index in [-0.39, 0.29) is 5.56 Å². The summed E-state index contributed by atoms with van der Waals surface area (Å²) in [6.07, 6.45) is 2.56. The highest BCUT2D eigenvalue weighted by Crippen LogP contribution is 2.18. The Morgan fingerprint density at radius 2 is 2.24 bits per heavy atom. The van der Waals surface area contributed by atoms with Crippen LogP contribution in [-0.4, -0.2) is 24.6 Å². The van der Waals surface area contributed by atoms with Crippen LogP contribution in [0.2, 0.25) is 0 Å². The smallest absolute Gasteiger partial charge is 0.258 e.